The molecule has 2 aliphatic heterocycles. The van der Waals surface area contributed by atoms with Crippen molar-refractivity contribution < 1.29 is 4.74 Å². The minimum atomic E-state index is 0.336. The van der Waals surface area contributed by atoms with Gasteiger partial charge < -0.3 is 10.5 Å². The van der Waals surface area contributed by atoms with Crippen LogP contribution in [-0.2, 0) is 4.74 Å². The van der Waals surface area contributed by atoms with E-state index in [1.165, 1.54) is 0 Å². The van der Waals surface area contributed by atoms with Gasteiger partial charge in [0.1, 0.15) is 0 Å². The maximum absolute atomic E-state index is 5.63. The molecule has 0 amide bonds. The Balaban J connectivity index is 2.05. The molecule has 3 nitrogen and oxygen atoms in total. The first kappa shape index (κ1) is 8.38. The number of hydrogen-bond donors (Lipinski definition) is 1. The van der Waals surface area contributed by atoms with Gasteiger partial charge in [0.2, 0.25) is 0 Å². The Bertz CT molecular complexity index is 207. The summed E-state index contributed by atoms with van der Waals surface area (Å²) in [7, 11) is 0. The fourth-order valence-electron chi connectivity index (χ4n) is 1.77. The molecule has 2 aliphatic rings. The van der Waals surface area contributed by atoms with Crippen LogP contribution in [0.2, 0.25) is 0 Å². The number of ether oxygens (including phenoxy) is 1. The van der Waals surface area contributed by atoms with Crippen LogP contribution in [0.5, 0.6) is 0 Å². The molecule has 12 heavy (non-hydrogen) atoms. The van der Waals surface area contributed by atoms with Gasteiger partial charge in [0, 0.05) is 5.75 Å². The zero-order valence-electron chi connectivity index (χ0n) is 7.19. The summed E-state index contributed by atoms with van der Waals surface area (Å²) in [5, 5.41) is 0.731. The Morgan fingerprint density at radius 3 is 3.33 bits per heavy atom. The van der Waals surface area contributed by atoms with E-state index in [2.05, 4.69) is 11.9 Å². The Morgan fingerprint density at radius 1 is 1.67 bits per heavy atom. The third kappa shape index (κ3) is 1.59. The standard InChI is InChI=1S/C8H14N2OS/c1-5-2-6-4-12-8(9)10-7(6)3-11-5/h5-7H,2-4H2,1H3,(H2,9,10). The molecule has 2 N–H and O–H groups in total. The molecule has 0 saturated carbocycles. The van der Waals surface area contributed by atoms with Gasteiger partial charge in [-0.15, -0.1) is 0 Å². The maximum Gasteiger partial charge on any atom is 0.154 e. The second kappa shape index (κ2) is 3.26. The normalized spacial score (nSPS) is 41.8. The summed E-state index contributed by atoms with van der Waals surface area (Å²) in [5.74, 6) is 1.80. The maximum atomic E-state index is 5.63. The van der Waals surface area contributed by atoms with Crippen LogP contribution < -0.4 is 5.73 Å². The van der Waals surface area contributed by atoms with E-state index in [1.54, 1.807) is 11.8 Å². The second-order valence-electron chi connectivity index (χ2n) is 3.49. The molecule has 0 radical (unpaired) electrons. The molecular formula is C8H14N2OS. The average molecular weight is 186 g/mol. The van der Waals surface area contributed by atoms with Gasteiger partial charge in [0.15, 0.2) is 5.17 Å². The number of amidine groups is 1. The molecule has 2 heterocycles. The summed E-state index contributed by atoms with van der Waals surface area (Å²) in [4.78, 5) is 4.37. The SMILES string of the molecule is CC1CC2CSC(N)=NC2CO1. The van der Waals surface area contributed by atoms with Crippen molar-refractivity contribution >= 4 is 16.9 Å². The van der Waals surface area contributed by atoms with Gasteiger partial charge in [-0.1, -0.05) is 11.8 Å². The molecule has 0 aliphatic carbocycles. The van der Waals surface area contributed by atoms with E-state index in [0.717, 1.165) is 23.9 Å². The van der Waals surface area contributed by atoms with Crippen molar-refractivity contribution in [2.45, 2.75) is 25.5 Å². The Kier molecular flexibility index (Phi) is 2.28. The smallest absolute Gasteiger partial charge is 0.154 e. The van der Waals surface area contributed by atoms with Crippen molar-refractivity contribution in [1.29, 1.82) is 0 Å². The fourth-order valence-corrected chi connectivity index (χ4v) is 2.72. The first-order chi connectivity index (χ1) is 5.75. The molecule has 0 aromatic rings. The predicted molar refractivity (Wildman–Crippen MR) is 51.4 cm³/mol. The third-order valence-corrected chi connectivity index (χ3v) is 3.46. The van der Waals surface area contributed by atoms with Crippen LogP contribution in [-0.4, -0.2) is 29.7 Å². The molecule has 0 aromatic carbocycles. The zero-order chi connectivity index (χ0) is 8.55. The van der Waals surface area contributed by atoms with Crippen LogP contribution in [0.1, 0.15) is 13.3 Å². The molecule has 0 spiro atoms. The lowest BCUT2D eigenvalue weighted by molar-refractivity contribution is -0.00496. The molecule has 68 valence electrons. The average Bonchev–Trinajstić information content (AvgIpc) is 2.05. The number of aliphatic imine (C=N–C) groups is 1. The number of nitrogens with two attached hydrogens (primary N) is 1. The Hall–Kier alpha value is -0.220. The highest BCUT2D eigenvalue weighted by Crippen LogP contribution is 2.29. The van der Waals surface area contributed by atoms with Crippen molar-refractivity contribution in [1.82, 2.24) is 0 Å². The van der Waals surface area contributed by atoms with Gasteiger partial charge in [0.05, 0.1) is 18.8 Å². The predicted octanol–water partition coefficient (Wildman–Crippen LogP) is 0.842. The van der Waals surface area contributed by atoms with Crippen LogP contribution in [0.25, 0.3) is 0 Å². The van der Waals surface area contributed by atoms with Gasteiger partial charge in [-0.25, -0.2) is 0 Å². The van der Waals surface area contributed by atoms with Crippen molar-refractivity contribution in [2.24, 2.45) is 16.6 Å². The van der Waals surface area contributed by atoms with Crippen molar-refractivity contribution in [3.05, 3.63) is 0 Å². The highest BCUT2D eigenvalue weighted by molar-refractivity contribution is 8.13. The third-order valence-electron chi connectivity index (χ3n) is 2.47. The highest BCUT2D eigenvalue weighted by atomic mass is 32.2. The van der Waals surface area contributed by atoms with Crippen LogP contribution in [0.3, 0.4) is 0 Å². The van der Waals surface area contributed by atoms with Crippen LogP contribution in [0.15, 0.2) is 4.99 Å². The first-order valence-electron chi connectivity index (χ1n) is 4.33. The fraction of sp³-hybridized carbons (Fsp3) is 0.875. The molecule has 3 unspecified atom stereocenters. The van der Waals surface area contributed by atoms with Crippen molar-refractivity contribution in [3.8, 4) is 0 Å². The topological polar surface area (TPSA) is 47.6 Å². The van der Waals surface area contributed by atoms with E-state index in [-0.39, 0.29) is 0 Å². The van der Waals surface area contributed by atoms with Gasteiger partial charge >= 0.3 is 0 Å². The molecular weight excluding hydrogens is 172 g/mol. The summed E-state index contributed by atoms with van der Waals surface area (Å²) in [6.07, 6.45) is 1.54. The highest BCUT2D eigenvalue weighted by Gasteiger charge is 2.31. The van der Waals surface area contributed by atoms with E-state index in [1.807, 2.05) is 0 Å². The van der Waals surface area contributed by atoms with Gasteiger partial charge in [-0.2, -0.15) is 0 Å². The van der Waals surface area contributed by atoms with E-state index in [9.17, 15) is 0 Å². The number of thioether (sulfide) groups is 1. The van der Waals surface area contributed by atoms with E-state index >= 15 is 0 Å². The minimum Gasteiger partial charge on any atom is -0.379 e. The summed E-state index contributed by atoms with van der Waals surface area (Å²) < 4.78 is 5.52. The molecule has 2 rings (SSSR count). The van der Waals surface area contributed by atoms with Crippen LogP contribution in [0, 0.1) is 5.92 Å². The Morgan fingerprint density at radius 2 is 2.50 bits per heavy atom. The van der Waals surface area contributed by atoms with Gasteiger partial charge in [0.25, 0.3) is 0 Å². The monoisotopic (exact) mass is 186 g/mol. The summed E-state index contributed by atoms with van der Waals surface area (Å²) in [6, 6.07) is 0.336. The molecule has 0 aromatic heterocycles. The number of fused-ring (bicyclic) bond motifs is 1. The lowest BCUT2D eigenvalue weighted by Crippen LogP contribution is -2.40. The Labute approximate surface area is 76.8 Å². The lowest BCUT2D eigenvalue weighted by atomic mass is 9.94. The molecule has 4 heteroatoms. The summed E-state index contributed by atoms with van der Waals surface area (Å²) in [6.45, 7) is 2.88. The first-order valence-corrected chi connectivity index (χ1v) is 5.32. The molecule has 1 saturated heterocycles. The number of hydrogen-bond acceptors (Lipinski definition) is 4. The summed E-state index contributed by atoms with van der Waals surface area (Å²) >= 11 is 1.68. The quantitative estimate of drug-likeness (QED) is 0.610. The van der Waals surface area contributed by atoms with Crippen molar-refractivity contribution in [3.63, 3.8) is 0 Å². The van der Waals surface area contributed by atoms with Crippen molar-refractivity contribution in [2.75, 3.05) is 12.4 Å². The number of rotatable bonds is 0. The van der Waals surface area contributed by atoms with Crippen LogP contribution >= 0.6 is 11.8 Å². The molecule has 0 bridgehead atoms. The van der Waals surface area contributed by atoms with Crippen LogP contribution in [0.4, 0.5) is 0 Å². The second-order valence-corrected chi connectivity index (χ2v) is 4.53. The van der Waals surface area contributed by atoms with Gasteiger partial charge in [-0.3, -0.25) is 4.99 Å². The molecule has 3 atom stereocenters. The largest absolute Gasteiger partial charge is 0.379 e. The lowest BCUT2D eigenvalue weighted by Gasteiger charge is -2.35. The zero-order valence-corrected chi connectivity index (χ0v) is 8.01. The molecule has 1 fully saturated rings. The van der Waals surface area contributed by atoms with E-state index in [4.69, 9.17) is 10.5 Å². The van der Waals surface area contributed by atoms with E-state index in [0.29, 0.717) is 18.1 Å². The van der Waals surface area contributed by atoms with E-state index < -0.39 is 0 Å². The minimum absolute atomic E-state index is 0.336. The van der Waals surface area contributed by atoms with Gasteiger partial charge in [-0.05, 0) is 19.3 Å². The summed E-state index contributed by atoms with van der Waals surface area (Å²) in [5.41, 5.74) is 5.63. The number of nitrogens with zero attached hydrogens (tertiary/aromatic N) is 1.